The van der Waals surface area contributed by atoms with Gasteiger partial charge in [-0.05, 0) is 44.6 Å². The highest BCUT2D eigenvalue weighted by Gasteiger charge is 2.46. The van der Waals surface area contributed by atoms with Gasteiger partial charge in [0, 0.05) is 11.1 Å². The summed E-state index contributed by atoms with van der Waals surface area (Å²) in [4.78, 5) is 4.80. The maximum absolute atomic E-state index is 4.80. The van der Waals surface area contributed by atoms with Gasteiger partial charge in [-0.25, -0.2) is 4.98 Å². The second-order valence-electron chi connectivity index (χ2n) is 6.25. The first-order valence-corrected chi connectivity index (χ1v) is 7.99. The number of thiazole rings is 1. The molecule has 0 spiro atoms. The van der Waals surface area contributed by atoms with E-state index in [1.54, 1.807) is 0 Å². The van der Waals surface area contributed by atoms with Crippen LogP contribution in [-0.2, 0) is 5.54 Å². The van der Waals surface area contributed by atoms with E-state index in [9.17, 15) is 0 Å². The Morgan fingerprint density at radius 1 is 1.44 bits per heavy atom. The van der Waals surface area contributed by atoms with Crippen molar-refractivity contribution in [1.82, 2.24) is 10.3 Å². The van der Waals surface area contributed by atoms with Gasteiger partial charge in [0.05, 0.1) is 5.54 Å². The molecule has 2 rings (SSSR count). The van der Waals surface area contributed by atoms with Crippen LogP contribution in [0.1, 0.15) is 50.7 Å². The summed E-state index contributed by atoms with van der Waals surface area (Å²) in [6, 6.07) is 0. The standard InChI is InChI=1S/C15H26N2S/c1-10(2)13-7-6-11(3)8-15(13,16-5)14-17-12(4)9-18-14/h9-11,13,16H,6-8H2,1-5H3. The third-order valence-electron chi connectivity index (χ3n) is 4.53. The van der Waals surface area contributed by atoms with Gasteiger partial charge in [-0.1, -0.05) is 27.2 Å². The topological polar surface area (TPSA) is 24.9 Å². The maximum Gasteiger partial charge on any atom is 0.113 e. The molecule has 1 aliphatic rings. The predicted molar refractivity (Wildman–Crippen MR) is 78.9 cm³/mol. The number of aromatic nitrogens is 1. The monoisotopic (exact) mass is 266 g/mol. The number of hydrogen-bond acceptors (Lipinski definition) is 3. The third-order valence-corrected chi connectivity index (χ3v) is 5.66. The number of aryl methyl sites for hydroxylation is 1. The molecule has 0 saturated heterocycles. The zero-order valence-electron chi connectivity index (χ0n) is 12.3. The molecule has 0 aromatic carbocycles. The summed E-state index contributed by atoms with van der Waals surface area (Å²) in [5.74, 6) is 2.19. The molecule has 3 heteroatoms. The van der Waals surface area contributed by atoms with Crippen LogP contribution >= 0.6 is 11.3 Å². The van der Waals surface area contributed by atoms with Gasteiger partial charge < -0.3 is 5.32 Å². The van der Waals surface area contributed by atoms with E-state index < -0.39 is 0 Å². The molecule has 1 aromatic heterocycles. The molecule has 0 amide bonds. The van der Waals surface area contributed by atoms with Crippen molar-refractivity contribution >= 4 is 11.3 Å². The molecule has 2 nitrogen and oxygen atoms in total. The van der Waals surface area contributed by atoms with E-state index in [1.807, 2.05) is 11.3 Å². The summed E-state index contributed by atoms with van der Waals surface area (Å²) in [5, 5.41) is 7.14. The lowest BCUT2D eigenvalue weighted by Gasteiger charge is -2.47. The number of nitrogens with zero attached hydrogens (tertiary/aromatic N) is 1. The van der Waals surface area contributed by atoms with Gasteiger partial charge in [0.15, 0.2) is 0 Å². The fourth-order valence-corrected chi connectivity index (χ4v) is 4.69. The van der Waals surface area contributed by atoms with Crippen molar-refractivity contribution in [2.24, 2.45) is 17.8 Å². The van der Waals surface area contributed by atoms with Crippen molar-refractivity contribution in [3.63, 3.8) is 0 Å². The Morgan fingerprint density at radius 3 is 2.67 bits per heavy atom. The van der Waals surface area contributed by atoms with Crippen LogP contribution in [0.5, 0.6) is 0 Å². The third kappa shape index (κ3) is 2.35. The van der Waals surface area contributed by atoms with Crippen molar-refractivity contribution in [3.8, 4) is 0 Å². The molecular formula is C15H26N2S. The van der Waals surface area contributed by atoms with Gasteiger partial charge in [-0.3, -0.25) is 0 Å². The van der Waals surface area contributed by atoms with Crippen LogP contribution in [0.4, 0.5) is 0 Å². The van der Waals surface area contributed by atoms with E-state index in [1.165, 1.54) is 24.3 Å². The molecule has 0 bridgehead atoms. The van der Waals surface area contributed by atoms with Gasteiger partial charge >= 0.3 is 0 Å². The van der Waals surface area contributed by atoms with Crippen molar-refractivity contribution in [2.45, 2.75) is 52.5 Å². The lowest BCUT2D eigenvalue weighted by atomic mass is 9.65. The second-order valence-corrected chi connectivity index (χ2v) is 7.11. The molecular weight excluding hydrogens is 240 g/mol. The molecule has 0 aliphatic heterocycles. The fraction of sp³-hybridized carbons (Fsp3) is 0.800. The van der Waals surface area contributed by atoms with Crippen LogP contribution in [0.25, 0.3) is 0 Å². The number of nitrogens with one attached hydrogen (secondary N) is 1. The van der Waals surface area contributed by atoms with Gasteiger partial charge in [0.25, 0.3) is 0 Å². The Bertz CT molecular complexity index is 399. The SMILES string of the molecule is CNC1(c2nc(C)cs2)CC(C)CCC1C(C)C. The molecule has 1 fully saturated rings. The van der Waals surface area contributed by atoms with Crippen LogP contribution in [-0.4, -0.2) is 12.0 Å². The van der Waals surface area contributed by atoms with E-state index in [0.29, 0.717) is 11.8 Å². The quantitative estimate of drug-likeness (QED) is 0.896. The zero-order valence-corrected chi connectivity index (χ0v) is 13.1. The Balaban J connectivity index is 2.42. The van der Waals surface area contributed by atoms with Crippen LogP contribution in [0, 0.1) is 24.7 Å². The first kappa shape index (κ1) is 14.0. The zero-order chi connectivity index (χ0) is 13.3. The fourth-order valence-electron chi connectivity index (χ4n) is 3.62. The minimum Gasteiger partial charge on any atom is -0.308 e. The largest absolute Gasteiger partial charge is 0.308 e. The Kier molecular flexibility index (Phi) is 4.12. The molecule has 3 unspecified atom stereocenters. The Morgan fingerprint density at radius 2 is 2.17 bits per heavy atom. The number of hydrogen-bond donors (Lipinski definition) is 1. The predicted octanol–water partition coefficient (Wildman–Crippen LogP) is 3.96. The lowest BCUT2D eigenvalue weighted by Crippen LogP contribution is -2.52. The van der Waals surface area contributed by atoms with Crippen molar-refractivity contribution in [1.29, 1.82) is 0 Å². The lowest BCUT2D eigenvalue weighted by molar-refractivity contribution is 0.0793. The highest BCUT2D eigenvalue weighted by Crippen LogP contribution is 2.47. The van der Waals surface area contributed by atoms with Crippen molar-refractivity contribution in [2.75, 3.05) is 7.05 Å². The maximum atomic E-state index is 4.80. The summed E-state index contributed by atoms with van der Waals surface area (Å²) < 4.78 is 0. The molecule has 1 aliphatic carbocycles. The van der Waals surface area contributed by atoms with Gasteiger partial charge in [0.1, 0.15) is 5.01 Å². The van der Waals surface area contributed by atoms with Crippen molar-refractivity contribution in [3.05, 3.63) is 16.1 Å². The van der Waals surface area contributed by atoms with E-state index in [0.717, 1.165) is 11.6 Å². The van der Waals surface area contributed by atoms with Crippen LogP contribution in [0.3, 0.4) is 0 Å². The normalized spacial score (nSPS) is 33.0. The summed E-state index contributed by atoms with van der Waals surface area (Å²) >= 11 is 1.83. The highest BCUT2D eigenvalue weighted by molar-refractivity contribution is 7.09. The second kappa shape index (κ2) is 5.30. The Hall–Kier alpha value is -0.410. The Labute approximate surface area is 115 Å². The van der Waals surface area contributed by atoms with Crippen LogP contribution in [0.2, 0.25) is 0 Å². The average Bonchev–Trinajstić information content (AvgIpc) is 2.75. The molecule has 1 heterocycles. The highest BCUT2D eigenvalue weighted by atomic mass is 32.1. The van der Waals surface area contributed by atoms with E-state index in [2.05, 4.69) is 45.4 Å². The van der Waals surface area contributed by atoms with Gasteiger partial charge in [-0.2, -0.15) is 0 Å². The van der Waals surface area contributed by atoms with Crippen molar-refractivity contribution < 1.29 is 0 Å². The molecule has 1 N–H and O–H groups in total. The molecule has 3 atom stereocenters. The van der Waals surface area contributed by atoms with Gasteiger partial charge in [0.2, 0.25) is 0 Å². The molecule has 1 aromatic rings. The minimum absolute atomic E-state index is 0.102. The molecule has 102 valence electrons. The summed E-state index contributed by atoms with van der Waals surface area (Å²) in [6.45, 7) is 9.18. The minimum atomic E-state index is 0.102. The molecule has 18 heavy (non-hydrogen) atoms. The first-order valence-electron chi connectivity index (χ1n) is 7.11. The van der Waals surface area contributed by atoms with Gasteiger partial charge in [-0.15, -0.1) is 11.3 Å². The average molecular weight is 266 g/mol. The summed E-state index contributed by atoms with van der Waals surface area (Å²) in [5.41, 5.74) is 1.26. The van der Waals surface area contributed by atoms with E-state index in [-0.39, 0.29) is 5.54 Å². The molecule has 0 radical (unpaired) electrons. The van der Waals surface area contributed by atoms with E-state index in [4.69, 9.17) is 4.98 Å². The van der Waals surface area contributed by atoms with Crippen LogP contribution < -0.4 is 5.32 Å². The number of rotatable bonds is 3. The first-order chi connectivity index (χ1) is 8.49. The molecule has 1 saturated carbocycles. The van der Waals surface area contributed by atoms with E-state index >= 15 is 0 Å². The van der Waals surface area contributed by atoms with Crippen LogP contribution in [0.15, 0.2) is 5.38 Å². The summed E-state index contributed by atoms with van der Waals surface area (Å²) in [6.07, 6.45) is 3.90. The summed E-state index contributed by atoms with van der Waals surface area (Å²) in [7, 11) is 2.12. The smallest absolute Gasteiger partial charge is 0.113 e.